The lowest BCUT2D eigenvalue weighted by Gasteiger charge is -2.10. The van der Waals surface area contributed by atoms with Gasteiger partial charge in [0.15, 0.2) is 0 Å². The van der Waals surface area contributed by atoms with Crippen LogP contribution in [0, 0.1) is 0 Å². The number of aliphatic carboxylic acids is 1. The van der Waals surface area contributed by atoms with Crippen molar-refractivity contribution in [2.75, 3.05) is 20.6 Å². The highest BCUT2D eigenvalue weighted by Gasteiger charge is 2.13. The molecule has 0 amide bonds. The molecule has 2 N–H and O–H groups in total. The lowest BCUT2D eigenvalue weighted by Crippen LogP contribution is -2.15. The summed E-state index contributed by atoms with van der Waals surface area (Å²) in [6.07, 6.45) is 4.11. The Kier molecular flexibility index (Phi) is 8.45. The molecule has 0 bridgehead atoms. The second-order valence-electron chi connectivity index (χ2n) is 6.12. The summed E-state index contributed by atoms with van der Waals surface area (Å²) in [7, 11) is 4.04. The van der Waals surface area contributed by atoms with Crippen molar-refractivity contribution in [2.24, 2.45) is 0 Å². The minimum absolute atomic E-state index is 0. The van der Waals surface area contributed by atoms with Gasteiger partial charge in [0.2, 0.25) is 0 Å². The van der Waals surface area contributed by atoms with Crippen molar-refractivity contribution in [3.63, 3.8) is 0 Å². The van der Waals surface area contributed by atoms with Crippen LogP contribution in [-0.2, 0) is 16.0 Å². The molecule has 6 nitrogen and oxygen atoms in total. The first kappa shape index (κ1) is 21.0. The number of benzene rings is 1. The normalized spacial score (nSPS) is 10.7. The van der Waals surface area contributed by atoms with Gasteiger partial charge in [-0.2, -0.15) is 0 Å². The zero-order valence-electron chi connectivity index (χ0n) is 14.6. The van der Waals surface area contributed by atoms with E-state index in [0.717, 1.165) is 29.4 Å². The Bertz CT molecular complexity index is 712. The highest BCUT2D eigenvalue weighted by atomic mass is 35.5. The maximum absolute atomic E-state index is 12.0. The summed E-state index contributed by atoms with van der Waals surface area (Å²) < 4.78 is 5.52. The molecule has 0 aliphatic rings. The number of aromatic amines is 1. The number of fused-ring (bicyclic) bond motifs is 1. The molecule has 0 unspecified atom stereocenters. The van der Waals surface area contributed by atoms with Gasteiger partial charge in [-0.15, -0.1) is 12.4 Å². The van der Waals surface area contributed by atoms with Crippen LogP contribution in [0.15, 0.2) is 24.4 Å². The Morgan fingerprint density at radius 2 is 1.92 bits per heavy atom. The number of nitrogens with zero attached hydrogens (tertiary/aromatic N) is 1. The van der Waals surface area contributed by atoms with Crippen LogP contribution in [0.2, 0.25) is 0 Å². The molecule has 25 heavy (non-hydrogen) atoms. The first-order chi connectivity index (χ1) is 11.5. The maximum atomic E-state index is 12.0. The van der Waals surface area contributed by atoms with Crippen molar-refractivity contribution in [3.05, 3.63) is 30.0 Å². The van der Waals surface area contributed by atoms with Crippen LogP contribution in [0.3, 0.4) is 0 Å². The number of H-pyrrole nitrogens is 1. The van der Waals surface area contributed by atoms with Gasteiger partial charge >= 0.3 is 11.9 Å². The Balaban J connectivity index is 0.00000312. The van der Waals surface area contributed by atoms with Gasteiger partial charge in [-0.1, -0.05) is 6.07 Å². The second kappa shape index (κ2) is 10.1. The minimum atomic E-state index is -0.842. The predicted octanol–water partition coefficient (Wildman–Crippen LogP) is 3.24. The summed E-state index contributed by atoms with van der Waals surface area (Å²) in [5.41, 5.74) is 2.06. The SMILES string of the molecule is CN(C)CCc1c[nH]c2cccc(OC(=O)CCCCC(=O)O)c12.Cl. The Labute approximate surface area is 153 Å². The number of ether oxygens (including phenoxy) is 1. The first-order valence-electron chi connectivity index (χ1n) is 8.13. The van der Waals surface area contributed by atoms with Crippen LogP contribution in [0.1, 0.15) is 31.2 Å². The standard InChI is InChI=1S/C18H24N2O4.ClH/c1-20(2)11-10-13-12-19-14-6-5-7-15(18(13)14)24-17(23)9-4-3-8-16(21)22;/h5-7,12,19H,3-4,8-11H2,1-2H3,(H,21,22);1H. The van der Waals surface area contributed by atoms with E-state index in [2.05, 4.69) is 9.88 Å². The Morgan fingerprint density at radius 1 is 1.20 bits per heavy atom. The minimum Gasteiger partial charge on any atom is -0.481 e. The lowest BCUT2D eigenvalue weighted by atomic mass is 10.1. The highest BCUT2D eigenvalue weighted by Crippen LogP contribution is 2.29. The van der Waals surface area contributed by atoms with Crippen molar-refractivity contribution in [1.82, 2.24) is 9.88 Å². The second-order valence-corrected chi connectivity index (χ2v) is 6.12. The number of esters is 1. The molecule has 0 atom stereocenters. The number of rotatable bonds is 9. The number of unbranched alkanes of at least 4 members (excludes halogenated alkanes) is 1. The molecule has 1 aromatic heterocycles. The number of carboxylic acids is 1. The van der Waals surface area contributed by atoms with E-state index < -0.39 is 5.97 Å². The molecule has 0 spiro atoms. The van der Waals surface area contributed by atoms with Crippen molar-refractivity contribution >= 4 is 35.2 Å². The van der Waals surface area contributed by atoms with Gasteiger partial charge in [0, 0.05) is 36.5 Å². The number of hydrogen-bond donors (Lipinski definition) is 2. The van der Waals surface area contributed by atoms with Gasteiger partial charge in [-0.05, 0) is 51.1 Å². The quantitative estimate of drug-likeness (QED) is 0.403. The van der Waals surface area contributed by atoms with Crippen LogP contribution in [0.25, 0.3) is 10.9 Å². The third kappa shape index (κ3) is 6.40. The van der Waals surface area contributed by atoms with Gasteiger partial charge in [0.1, 0.15) is 5.75 Å². The number of halogens is 1. The highest BCUT2D eigenvalue weighted by molar-refractivity contribution is 5.91. The Hall–Kier alpha value is -2.05. The molecule has 0 radical (unpaired) electrons. The zero-order valence-corrected chi connectivity index (χ0v) is 15.4. The summed E-state index contributed by atoms with van der Waals surface area (Å²) in [5.74, 6) is -0.607. The summed E-state index contributed by atoms with van der Waals surface area (Å²) in [5, 5.41) is 9.55. The van der Waals surface area contributed by atoms with Crippen LogP contribution < -0.4 is 4.74 Å². The molecule has 0 saturated carbocycles. The van der Waals surface area contributed by atoms with Gasteiger partial charge in [0.25, 0.3) is 0 Å². The molecule has 138 valence electrons. The van der Waals surface area contributed by atoms with Crippen molar-refractivity contribution in [2.45, 2.75) is 32.1 Å². The number of aromatic nitrogens is 1. The number of nitrogens with one attached hydrogen (secondary N) is 1. The van der Waals surface area contributed by atoms with Crippen molar-refractivity contribution in [1.29, 1.82) is 0 Å². The molecule has 2 aromatic rings. The van der Waals surface area contributed by atoms with E-state index in [9.17, 15) is 9.59 Å². The van der Waals surface area contributed by atoms with E-state index >= 15 is 0 Å². The molecular formula is C18H25ClN2O4. The number of carbonyl (C=O) groups is 2. The fraction of sp³-hybridized carbons (Fsp3) is 0.444. The topological polar surface area (TPSA) is 82.6 Å². The van der Waals surface area contributed by atoms with E-state index in [0.29, 0.717) is 18.6 Å². The third-order valence-corrected chi connectivity index (χ3v) is 3.82. The van der Waals surface area contributed by atoms with E-state index in [4.69, 9.17) is 9.84 Å². The van der Waals surface area contributed by atoms with E-state index in [1.54, 1.807) is 6.07 Å². The molecular weight excluding hydrogens is 344 g/mol. The van der Waals surface area contributed by atoms with Crippen LogP contribution >= 0.6 is 12.4 Å². The molecule has 0 aliphatic carbocycles. The number of likely N-dealkylation sites (N-methyl/N-ethyl adjacent to an activating group) is 1. The maximum Gasteiger partial charge on any atom is 0.311 e. The van der Waals surface area contributed by atoms with E-state index in [1.807, 2.05) is 32.4 Å². The summed E-state index contributed by atoms with van der Waals surface area (Å²) in [6, 6.07) is 5.60. The predicted molar refractivity (Wildman–Crippen MR) is 99.5 cm³/mol. The zero-order chi connectivity index (χ0) is 17.5. The first-order valence-corrected chi connectivity index (χ1v) is 8.13. The lowest BCUT2D eigenvalue weighted by molar-refractivity contribution is -0.138. The summed E-state index contributed by atoms with van der Waals surface area (Å²) in [4.78, 5) is 27.8. The van der Waals surface area contributed by atoms with E-state index in [1.165, 1.54) is 0 Å². The van der Waals surface area contributed by atoms with Crippen LogP contribution in [0.4, 0.5) is 0 Å². The molecule has 1 heterocycles. The smallest absolute Gasteiger partial charge is 0.311 e. The fourth-order valence-electron chi connectivity index (χ4n) is 2.57. The summed E-state index contributed by atoms with van der Waals surface area (Å²) in [6.45, 7) is 0.907. The monoisotopic (exact) mass is 368 g/mol. The van der Waals surface area contributed by atoms with Crippen LogP contribution in [0.5, 0.6) is 5.75 Å². The van der Waals surface area contributed by atoms with Crippen molar-refractivity contribution < 1.29 is 19.4 Å². The number of hydrogen-bond acceptors (Lipinski definition) is 4. The number of carboxylic acid groups (broad SMARTS) is 1. The van der Waals surface area contributed by atoms with Gasteiger partial charge in [-0.25, -0.2) is 0 Å². The van der Waals surface area contributed by atoms with Crippen molar-refractivity contribution in [3.8, 4) is 5.75 Å². The van der Waals surface area contributed by atoms with Gasteiger partial charge in [-0.3, -0.25) is 9.59 Å². The molecule has 0 aliphatic heterocycles. The molecule has 7 heteroatoms. The summed E-state index contributed by atoms with van der Waals surface area (Å²) >= 11 is 0. The average molecular weight is 369 g/mol. The molecule has 1 aromatic carbocycles. The molecule has 2 rings (SSSR count). The third-order valence-electron chi connectivity index (χ3n) is 3.82. The molecule has 0 fully saturated rings. The molecule has 0 saturated heterocycles. The Morgan fingerprint density at radius 3 is 2.60 bits per heavy atom. The van der Waals surface area contributed by atoms with Gasteiger partial charge < -0.3 is 19.7 Å². The average Bonchev–Trinajstić information content (AvgIpc) is 2.93. The van der Waals surface area contributed by atoms with E-state index in [-0.39, 0.29) is 31.2 Å². The van der Waals surface area contributed by atoms with Gasteiger partial charge in [0.05, 0.1) is 0 Å². The fourth-order valence-corrected chi connectivity index (χ4v) is 2.57. The van der Waals surface area contributed by atoms with Crippen LogP contribution in [-0.4, -0.2) is 47.6 Å². The number of carbonyl (C=O) groups excluding carboxylic acids is 1. The largest absolute Gasteiger partial charge is 0.481 e.